The van der Waals surface area contributed by atoms with Gasteiger partial charge in [-0.2, -0.15) is 4.98 Å². The largest absolute Gasteiger partial charge is 0.395 e. The van der Waals surface area contributed by atoms with Crippen LogP contribution in [0.4, 0.5) is 5.95 Å². The quantitative estimate of drug-likeness (QED) is 0.640. The fourth-order valence-electron chi connectivity index (χ4n) is 1.36. The molecule has 0 aliphatic carbocycles. The van der Waals surface area contributed by atoms with E-state index in [2.05, 4.69) is 9.97 Å². The van der Waals surface area contributed by atoms with Crippen molar-refractivity contribution in [3.8, 4) is 0 Å². The second-order valence-corrected chi connectivity index (χ2v) is 3.17. The molecule has 2 heterocycles. The first-order valence-corrected chi connectivity index (χ1v) is 4.43. The standard InChI is InChI=1S/C8H11N5O2/c1-12-7(15)5-6(11-8(12)9)13(2-3-14)4-10-5/h4,14H,2-3H2,1H3,(H2,9,11). The van der Waals surface area contributed by atoms with E-state index in [0.717, 1.165) is 0 Å². The Hall–Kier alpha value is -1.89. The first-order valence-electron chi connectivity index (χ1n) is 4.43. The average molecular weight is 209 g/mol. The molecule has 0 atom stereocenters. The van der Waals surface area contributed by atoms with Gasteiger partial charge < -0.3 is 15.4 Å². The van der Waals surface area contributed by atoms with Crippen LogP contribution < -0.4 is 11.3 Å². The lowest BCUT2D eigenvalue weighted by molar-refractivity contribution is 0.277. The maximum absolute atomic E-state index is 11.7. The van der Waals surface area contributed by atoms with Gasteiger partial charge in [-0.1, -0.05) is 0 Å². The van der Waals surface area contributed by atoms with Gasteiger partial charge in [-0.25, -0.2) is 4.98 Å². The number of imidazole rings is 1. The molecule has 0 saturated carbocycles. The summed E-state index contributed by atoms with van der Waals surface area (Å²) in [4.78, 5) is 19.7. The molecule has 0 saturated heterocycles. The zero-order valence-corrected chi connectivity index (χ0v) is 8.21. The van der Waals surface area contributed by atoms with E-state index in [0.29, 0.717) is 12.2 Å². The van der Waals surface area contributed by atoms with E-state index in [1.807, 2.05) is 0 Å². The molecule has 0 radical (unpaired) electrons. The monoisotopic (exact) mass is 209 g/mol. The van der Waals surface area contributed by atoms with Gasteiger partial charge in [0.15, 0.2) is 11.2 Å². The maximum atomic E-state index is 11.7. The summed E-state index contributed by atoms with van der Waals surface area (Å²) in [5.74, 6) is 0.132. The van der Waals surface area contributed by atoms with Crippen molar-refractivity contribution in [1.29, 1.82) is 0 Å². The third-order valence-electron chi connectivity index (χ3n) is 2.22. The Morgan fingerprint density at radius 1 is 1.60 bits per heavy atom. The zero-order chi connectivity index (χ0) is 11.0. The normalized spacial score (nSPS) is 11.1. The fraction of sp³-hybridized carbons (Fsp3) is 0.375. The highest BCUT2D eigenvalue weighted by Crippen LogP contribution is 2.06. The third kappa shape index (κ3) is 1.37. The molecule has 0 spiro atoms. The molecule has 0 fully saturated rings. The number of rotatable bonds is 2. The van der Waals surface area contributed by atoms with Crippen LogP contribution >= 0.6 is 0 Å². The summed E-state index contributed by atoms with van der Waals surface area (Å²) in [6.45, 7) is 0.304. The second-order valence-electron chi connectivity index (χ2n) is 3.17. The molecule has 2 aromatic rings. The number of aliphatic hydroxyl groups is 1. The summed E-state index contributed by atoms with van der Waals surface area (Å²) in [7, 11) is 1.54. The van der Waals surface area contributed by atoms with Gasteiger partial charge >= 0.3 is 0 Å². The smallest absolute Gasteiger partial charge is 0.282 e. The van der Waals surface area contributed by atoms with Gasteiger partial charge in [0, 0.05) is 13.6 Å². The molecule has 0 aliphatic rings. The summed E-state index contributed by atoms with van der Waals surface area (Å²) in [6.07, 6.45) is 1.47. The number of anilines is 1. The Bertz CT molecular complexity index is 556. The number of fused-ring (bicyclic) bond motifs is 1. The third-order valence-corrected chi connectivity index (χ3v) is 2.22. The molecule has 0 aliphatic heterocycles. The molecule has 0 amide bonds. The molecule has 2 aromatic heterocycles. The average Bonchev–Trinajstić information content (AvgIpc) is 2.59. The summed E-state index contributed by atoms with van der Waals surface area (Å²) in [5, 5.41) is 8.80. The van der Waals surface area contributed by atoms with Crippen molar-refractivity contribution in [1.82, 2.24) is 19.1 Å². The van der Waals surface area contributed by atoms with Gasteiger partial charge in [0.05, 0.1) is 12.9 Å². The minimum absolute atomic E-state index is 0.0394. The SMILES string of the molecule is Cn1c(N)nc2c(ncn2CCO)c1=O. The van der Waals surface area contributed by atoms with Crippen LogP contribution in [-0.2, 0) is 13.6 Å². The lowest BCUT2D eigenvalue weighted by Crippen LogP contribution is -2.22. The van der Waals surface area contributed by atoms with Gasteiger partial charge in [0.2, 0.25) is 5.95 Å². The molecule has 15 heavy (non-hydrogen) atoms. The minimum atomic E-state index is -0.283. The molecule has 7 nitrogen and oxygen atoms in total. The predicted molar refractivity (Wildman–Crippen MR) is 54.3 cm³/mol. The molecular weight excluding hydrogens is 198 g/mol. The molecule has 3 N–H and O–H groups in total. The molecule has 0 aromatic carbocycles. The topological polar surface area (TPSA) is 99.0 Å². The molecule has 2 rings (SSSR count). The highest BCUT2D eigenvalue weighted by atomic mass is 16.3. The van der Waals surface area contributed by atoms with Crippen LogP contribution in [0.25, 0.3) is 11.2 Å². The van der Waals surface area contributed by atoms with E-state index in [1.165, 1.54) is 17.9 Å². The van der Waals surface area contributed by atoms with Gasteiger partial charge in [0.25, 0.3) is 5.56 Å². The summed E-state index contributed by atoms with van der Waals surface area (Å²) >= 11 is 0. The number of hydrogen-bond donors (Lipinski definition) is 2. The Balaban J connectivity index is 2.77. The number of aliphatic hydroxyl groups excluding tert-OH is 1. The van der Waals surface area contributed by atoms with Crippen molar-refractivity contribution in [2.45, 2.75) is 6.54 Å². The Labute approximate surface area is 84.8 Å². The van der Waals surface area contributed by atoms with E-state index < -0.39 is 0 Å². The molecule has 7 heteroatoms. The first-order chi connectivity index (χ1) is 7.15. The van der Waals surface area contributed by atoms with E-state index in [1.54, 1.807) is 4.57 Å². The van der Waals surface area contributed by atoms with Crippen molar-refractivity contribution >= 4 is 17.1 Å². The molecule has 0 bridgehead atoms. The first kappa shape index (κ1) is 9.66. The van der Waals surface area contributed by atoms with Crippen LogP contribution in [0.15, 0.2) is 11.1 Å². The Morgan fingerprint density at radius 2 is 2.33 bits per heavy atom. The number of nitrogens with zero attached hydrogens (tertiary/aromatic N) is 4. The van der Waals surface area contributed by atoms with E-state index in [-0.39, 0.29) is 23.6 Å². The van der Waals surface area contributed by atoms with Gasteiger partial charge in [-0.3, -0.25) is 9.36 Å². The second kappa shape index (κ2) is 3.35. The fourth-order valence-corrected chi connectivity index (χ4v) is 1.36. The van der Waals surface area contributed by atoms with E-state index in [4.69, 9.17) is 10.8 Å². The lowest BCUT2D eigenvalue weighted by atomic mass is 10.5. The highest BCUT2D eigenvalue weighted by Gasteiger charge is 2.10. The van der Waals surface area contributed by atoms with Crippen LogP contribution in [0, 0.1) is 0 Å². The van der Waals surface area contributed by atoms with Crippen molar-refractivity contribution in [3.05, 3.63) is 16.7 Å². The van der Waals surface area contributed by atoms with Crippen molar-refractivity contribution in [2.75, 3.05) is 12.3 Å². The van der Waals surface area contributed by atoms with Crippen LogP contribution in [0.3, 0.4) is 0 Å². The van der Waals surface area contributed by atoms with Crippen LogP contribution in [0.1, 0.15) is 0 Å². The van der Waals surface area contributed by atoms with Crippen molar-refractivity contribution in [2.24, 2.45) is 7.05 Å². The van der Waals surface area contributed by atoms with E-state index in [9.17, 15) is 4.79 Å². The van der Waals surface area contributed by atoms with E-state index >= 15 is 0 Å². The molecular formula is C8H11N5O2. The van der Waals surface area contributed by atoms with Crippen molar-refractivity contribution in [3.63, 3.8) is 0 Å². The van der Waals surface area contributed by atoms with Gasteiger partial charge in [0.1, 0.15) is 0 Å². The number of hydrogen-bond acceptors (Lipinski definition) is 5. The number of nitrogen functional groups attached to an aromatic ring is 1. The Morgan fingerprint density at radius 3 is 3.00 bits per heavy atom. The lowest BCUT2D eigenvalue weighted by Gasteiger charge is -2.03. The zero-order valence-electron chi connectivity index (χ0n) is 8.21. The van der Waals surface area contributed by atoms with Crippen molar-refractivity contribution < 1.29 is 5.11 Å². The predicted octanol–water partition coefficient (Wildman–Crippen LogP) is -1.30. The summed E-state index contributed by atoms with van der Waals surface area (Å²) < 4.78 is 2.83. The highest BCUT2D eigenvalue weighted by molar-refractivity contribution is 5.70. The number of nitrogens with two attached hydrogens (primary N) is 1. The van der Waals surface area contributed by atoms with Gasteiger partial charge in [-0.05, 0) is 0 Å². The van der Waals surface area contributed by atoms with Crippen LogP contribution in [0.2, 0.25) is 0 Å². The number of aromatic nitrogens is 4. The molecule has 0 unspecified atom stereocenters. The molecule has 80 valence electrons. The summed E-state index contributed by atoms with van der Waals surface area (Å²) in [5.41, 5.74) is 5.95. The van der Waals surface area contributed by atoms with Crippen LogP contribution in [0.5, 0.6) is 0 Å². The Kier molecular flexibility index (Phi) is 2.16. The van der Waals surface area contributed by atoms with Crippen LogP contribution in [-0.4, -0.2) is 30.8 Å². The minimum Gasteiger partial charge on any atom is -0.395 e. The van der Waals surface area contributed by atoms with Gasteiger partial charge in [-0.15, -0.1) is 0 Å². The maximum Gasteiger partial charge on any atom is 0.282 e. The summed E-state index contributed by atoms with van der Waals surface area (Å²) in [6, 6.07) is 0.